The number of phosphoric ester groups is 1. The SMILES string of the molecule is Cc1ccc(OP(=O)(O)OC[C@H]2C[C@@H](n3cnc4c(N)ncnc43)[C@H]2CO)cc1. The second-order valence-corrected chi connectivity index (χ2v) is 8.54. The minimum Gasteiger partial charge on any atom is -0.404 e. The van der Waals surface area contributed by atoms with Gasteiger partial charge in [-0.15, -0.1) is 0 Å². The van der Waals surface area contributed by atoms with Gasteiger partial charge in [0, 0.05) is 18.6 Å². The summed E-state index contributed by atoms with van der Waals surface area (Å²) >= 11 is 0. The van der Waals surface area contributed by atoms with Gasteiger partial charge in [-0.05, 0) is 31.4 Å². The van der Waals surface area contributed by atoms with E-state index in [2.05, 4.69) is 15.0 Å². The van der Waals surface area contributed by atoms with Crippen molar-refractivity contribution in [2.24, 2.45) is 11.8 Å². The number of imidazole rings is 1. The molecule has 4 atom stereocenters. The second kappa shape index (κ2) is 7.72. The third kappa shape index (κ3) is 3.97. The highest BCUT2D eigenvalue weighted by Gasteiger charge is 2.43. The molecule has 0 aliphatic heterocycles. The molecule has 29 heavy (non-hydrogen) atoms. The first-order valence-corrected chi connectivity index (χ1v) is 10.6. The summed E-state index contributed by atoms with van der Waals surface area (Å²) in [5.74, 6) is 0.267. The highest BCUT2D eigenvalue weighted by atomic mass is 31.2. The summed E-state index contributed by atoms with van der Waals surface area (Å²) in [6.45, 7) is 1.79. The zero-order valence-electron chi connectivity index (χ0n) is 15.8. The van der Waals surface area contributed by atoms with Crippen molar-refractivity contribution in [1.82, 2.24) is 19.5 Å². The molecular weight excluding hydrogens is 397 g/mol. The number of nitrogens with two attached hydrogens (primary N) is 1. The second-order valence-electron chi connectivity index (χ2n) is 7.16. The number of hydrogen-bond donors (Lipinski definition) is 3. The predicted octanol–water partition coefficient (Wildman–Crippen LogP) is 2.08. The average molecular weight is 419 g/mol. The fourth-order valence-corrected chi connectivity index (χ4v) is 4.44. The third-order valence-corrected chi connectivity index (χ3v) is 6.21. The van der Waals surface area contributed by atoms with E-state index < -0.39 is 7.82 Å². The van der Waals surface area contributed by atoms with Gasteiger partial charge in [0.05, 0.1) is 12.9 Å². The maximum atomic E-state index is 12.2. The third-order valence-electron chi connectivity index (χ3n) is 5.29. The van der Waals surface area contributed by atoms with Crippen molar-refractivity contribution < 1.29 is 23.6 Å². The Morgan fingerprint density at radius 1 is 1.28 bits per heavy atom. The molecule has 1 fully saturated rings. The zero-order valence-corrected chi connectivity index (χ0v) is 16.6. The van der Waals surface area contributed by atoms with Gasteiger partial charge in [-0.3, -0.25) is 9.42 Å². The van der Waals surface area contributed by atoms with Gasteiger partial charge < -0.3 is 19.9 Å². The highest BCUT2D eigenvalue weighted by molar-refractivity contribution is 7.47. The molecular formula is C18H22N5O5P. The van der Waals surface area contributed by atoms with Crippen molar-refractivity contribution in [3.63, 3.8) is 0 Å². The Balaban J connectivity index is 1.40. The summed E-state index contributed by atoms with van der Waals surface area (Å²) < 4.78 is 24.4. The predicted molar refractivity (Wildman–Crippen MR) is 105 cm³/mol. The lowest BCUT2D eigenvalue weighted by Crippen LogP contribution is -2.42. The lowest BCUT2D eigenvalue weighted by Gasteiger charge is -2.44. The molecule has 2 aromatic heterocycles. The van der Waals surface area contributed by atoms with Gasteiger partial charge in [0.15, 0.2) is 11.5 Å². The van der Waals surface area contributed by atoms with E-state index in [1.54, 1.807) is 30.6 Å². The van der Waals surface area contributed by atoms with Crippen LogP contribution in [-0.4, -0.2) is 42.7 Å². The maximum absolute atomic E-state index is 12.2. The minimum absolute atomic E-state index is 0.00881. The molecule has 1 aromatic carbocycles. The topological polar surface area (TPSA) is 146 Å². The first-order valence-electron chi connectivity index (χ1n) is 9.15. The van der Waals surface area contributed by atoms with E-state index in [-0.39, 0.29) is 36.8 Å². The highest BCUT2D eigenvalue weighted by Crippen LogP contribution is 2.49. The van der Waals surface area contributed by atoms with Gasteiger partial charge in [0.25, 0.3) is 0 Å². The van der Waals surface area contributed by atoms with E-state index in [0.717, 1.165) is 5.56 Å². The molecule has 0 spiro atoms. The Labute approximate surface area is 167 Å². The Kier molecular flexibility index (Phi) is 5.26. The summed E-state index contributed by atoms with van der Waals surface area (Å²) in [4.78, 5) is 22.4. The van der Waals surface area contributed by atoms with Crippen LogP contribution in [0.5, 0.6) is 5.75 Å². The Morgan fingerprint density at radius 3 is 2.76 bits per heavy atom. The number of nitrogen functional groups attached to an aromatic ring is 1. The molecule has 1 unspecified atom stereocenters. The normalized spacial score (nSPS) is 23.5. The summed E-state index contributed by atoms with van der Waals surface area (Å²) in [5, 5.41) is 9.83. The molecule has 4 N–H and O–H groups in total. The van der Waals surface area contributed by atoms with Gasteiger partial charge >= 0.3 is 7.82 Å². The molecule has 0 amide bonds. The van der Waals surface area contributed by atoms with Gasteiger partial charge in [-0.1, -0.05) is 17.7 Å². The molecule has 154 valence electrons. The number of hydrogen-bond acceptors (Lipinski definition) is 8. The van der Waals surface area contributed by atoms with E-state index in [1.165, 1.54) is 6.33 Å². The van der Waals surface area contributed by atoms with Gasteiger partial charge in [-0.2, -0.15) is 0 Å². The summed E-state index contributed by atoms with van der Waals surface area (Å²) in [5.41, 5.74) is 7.94. The molecule has 0 bridgehead atoms. The van der Waals surface area contributed by atoms with E-state index in [9.17, 15) is 14.6 Å². The lowest BCUT2D eigenvalue weighted by atomic mass is 9.70. The van der Waals surface area contributed by atoms with Crippen LogP contribution in [0.2, 0.25) is 0 Å². The van der Waals surface area contributed by atoms with Crippen LogP contribution >= 0.6 is 7.82 Å². The molecule has 0 radical (unpaired) electrons. The summed E-state index contributed by atoms with van der Waals surface area (Å²) in [7, 11) is -4.26. The Morgan fingerprint density at radius 2 is 2.03 bits per heavy atom. The van der Waals surface area contributed by atoms with E-state index in [1.807, 2.05) is 11.5 Å². The van der Waals surface area contributed by atoms with Crippen molar-refractivity contribution in [3.8, 4) is 5.75 Å². The molecule has 0 saturated heterocycles. The van der Waals surface area contributed by atoms with Crippen LogP contribution in [0.1, 0.15) is 18.0 Å². The van der Waals surface area contributed by atoms with Gasteiger partial charge in [-0.25, -0.2) is 19.5 Å². The average Bonchev–Trinajstić information content (AvgIpc) is 3.08. The van der Waals surface area contributed by atoms with Crippen LogP contribution in [-0.2, 0) is 9.09 Å². The number of aliphatic hydroxyl groups excluding tert-OH is 1. The quantitative estimate of drug-likeness (QED) is 0.490. The smallest absolute Gasteiger partial charge is 0.404 e. The summed E-state index contributed by atoms with van der Waals surface area (Å²) in [6.07, 6.45) is 3.62. The number of phosphoric acid groups is 1. The molecule has 1 aliphatic rings. The molecule has 1 saturated carbocycles. The Bertz CT molecular complexity index is 1060. The number of nitrogens with zero attached hydrogens (tertiary/aromatic N) is 4. The molecule has 2 heterocycles. The number of benzene rings is 1. The fourth-order valence-electron chi connectivity index (χ4n) is 3.62. The van der Waals surface area contributed by atoms with Gasteiger partial charge in [0.2, 0.25) is 0 Å². The minimum atomic E-state index is -4.26. The molecule has 11 heteroatoms. The van der Waals surface area contributed by atoms with Crippen LogP contribution in [0.3, 0.4) is 0 Å². The van der Waals surface area contributed by atoms with Crippen LogP contribution in [0.25, 0.3) is 11.2 Å². The van der Waals surface area contributed by atoms with Gasteiger partial charge in [0.1, 0.15) is 17.6 Å². The molecule has 10 nitrogen and oxygen atoms in total. The van der Waals surface area contributed by atoms with Crippen molar-refractivity contribution >= 4 is 24.8 Å². The van der Waals surface area contributed by atoms with Crippen LogP contribution in [0, 0.1) is 18.8 Å². The number of aliphatic hydroxyl groups is 1. The van der Waals surface area contributed by atoms with E-state index in [0.29, 0.717) is 23.4 Å². The van der Waals surface area contributed by atoms with Crippen molar-refractivity contribution in [1.29, 1.82) is 0 Å². The number of aromatic nitrogens is 4. The number of rotatable bonds is 7. The zero-order chi connectivity index (χ0) is 20.6. The summed E-state index contributed by atoms with van der Waals surface area (Å²) in [6, 6.07) is 6.70. The number of aryl methyl sites for hydroxylation is 1. The van der Waals surface area contributed by atoms with Crippen LogP contribution in [0.15, 0.2) is 36.9 Å². The first-order chi connectivity index (χ1) is 13.9. The van der Waals surface area contributed by atoms with Crippen molar-refractivity contribution in [3.05, 3.63) is 42.5 Å². The first kappa shape index (κ1) is 19.8. The Hall–Kier alpha value is -2.52. The maximum Gasteiger partial charge on any atom is 0.527 e. The van der Waals surface area contributed by atoms with Crippen LogP contribution in [0.4, 0.5) is 5.82 Å². The largest absolute Gasteiger partial charge is 0.527 e. The lowest BCUT2D eigenvalue weighted by molar-refractivity contribution is -0.00488. The molecule has 3 aromatic rings. The molecule has 4 rings (SSSR count). The monoisotopic (exact) mass is 419 g/mol. The fraction of sp³-hybridized carbons (Fsp3) is 0.389. The van der Waals surface area contributed by atoms with Crippen molar-refractivity contribution in [2.75, 3.05) is 18.9 Å². The number of anilines is 1. The van der Waals surface area contributed by atoms with E-state index >= 15 is 0 Å². The standard InChI is InChI=1S/C18H22N5O5P/c1-11-2-4-13(5-3-11)28-29(25,26)27-8-12-6-15(14(12)7-24)23-10-22-16-17(19)20-9-21-18(16)23/h2-5,9-10,12,14-15,24H,6-8H2,1H3,(H,25,26)(H2,19,20,21)/t12-,14+,15-/m1/s1. The number of fused-ring (bicyclic) bond motifs is 1. The van der Waals surface area contributed by atoms with Crippen molar-refractivity contribution in [2.45, 2.75) is 19.4 Å². The van der Waals surface area contributed by atoms with E-state index in [4.69, 9.17) is 14.8 Å². The van der Waals surface area contributed by atoms with Crippen LogP contribution < -0.4 is 10.3 Å². The molecule has 1 aliphatic carbocycles.